The molecule has 1 aromatic carbocycles. The van der Waals surface area contributed by atoms with Gasteiger partial charge in [0.15, 0.2) is 5.65 Å². The molecule has 0 aliphatic carbocycles. The van der Waals surface area contributed by atoms with Gasteiger partial charge in [0.05, 0.1) is 16.1 Å². The first-order chi connectivity index (χ1) is 8.59. The zero-order valence-corrected chi connectivity index (χ0v) is 10.2. The summed E-state index contributed by atoms with van der Waals surface area (Å²) in [5.74, 6) is -0.0605. The summed E-state index contributed by atoms with van der Waals surface area (Å²) in [6.07, 6.45) is 0. The molecule has 0 aliphatic rings. The van der Waals surface area contributed by atoms with Crippen molar-refractivity contribution in [2.75, 3.05) is 5.73 Å². The largest absolute Gasteiger partial charge is 0.383 e. The van der Waals surface area contributed by atoms with Crippen molar-refractivity contribution in [3.8, 4) is 5.69 Å². The van der Waals surface area contributed by atoms with Crippen LogP contribution in [-0.2, 0) is 0 Å². The number of hydrogen-bond donors (Lipinski definition) is 2. The molecular weight excluding hydrogens is 257 g/mol. The fourth-order valence-corrected chi connectivity index (χ4v) is 2.19. The second-order valence-electron chi connectivity index (χ2n) is 3.90. The summed E-state index contributed by atoms with van der Waals surface area (Å²) in [4.78, 5) is 0. The Bertz CT molecular complexity index is 725. The normalized spacial score (nSPS) is 11.3. The van der Waals surface area contributed by atoms with Crippen molar-refractivity contribution in [2.45, 2.75) is 6.92 Å². The molecule has 0 unspecified atom stereocenters. The Morgan fingerprint density at radius 2 is 2.22 bits per heavy atom. The number of benzene rings is 1. The molecule has 0 spiro atoms. The van der Waals surface area contributed by atoms with Crippen molar-refractivity contribution in [1.82, 2.24) is 20.0 Å². The maximum absolute atomic E-state index is 13.9. The molecule has 0 atom stereocenters. The van der Waals surface area contributed by atoms with Gasteiger partial charge in [0.25, 0.3) is 0 Å². The number of anilines is 1. The van der Waals surface area contributed by atoms with Gasteiger partial charge in [0.2, 0.25) is 0 Å². The van der Waals surface area contributed by atoms with Gasteiger partial charge in [-0.3, -0.25) is 5.10 Å². The van der Waals surface area contributed by atoms with Gasteiger partial charge in [-0.1, -0.05) is 17.7 Å². The van der Waals surface area contributed by atoms with E-state index >= 15 is 0 Å². The lowest BCUT2D eigenvalue weighted by molar-refractivity contribution is 0.612. The number of aromatic amines is 1. The number of halogens is 2. The average molecular weight is 266 g/mol. The molecule has 2 heterocycles. The van der Waals surface area contributed by atoms with E-state index in [4.69, 9.17) is 17.3 Å². The number of nitrogens with one attached hydrogen (secondary N) is 1. The topological polar surface area (TPSA) is 72.5 Å². The van der Waals surface area contributed by atoms with Crippen molar-refractivity contribution >= 4 is 28.5 Å². The van der Waals surface area contributed by atoms with E-state index in [0.717, 1.165) is 0 Å². The predicted molar refractivity (Wildman–Crippen MR) is 67.3 cm³/mol. The van der Waals surface area contributed by atoms with E-state index in [-0.39, 0.29) is 10.7 Å². The molecule has 0 amide bonds. The Morgan fingerprint density at radius 3 is 2.94 bits per heavy atom. The first-order valence-electron chi connectivity index (χ1n) is 5.23. The number of para-hydroxylation sites is 1. The Balaban J connectivity index is 2.39. The standard InChI is InChI=1S/C11H9ClFN5/c1-5-8-10(14)15-16-11(8)18(17-5)9-6(12)3-2-4-7(9)13/h2-4H,1H3,(H3,14,15,16). The fourth-order valence-electron chi connectivity index (χ4n) is 1.95. The van der Waals surface area contributed by atoms with E-state index < -0.39 is 5.82 Å². The number of aryl methyl sites for hydroxylation is 1. The Hall–Kier alpha value is -2.08. The van der Waals surface area contributed by atoms with Crippen molar-refractivity contribution in [1.29, 1.82) is 0 Å². The van der Waals surface area contributed by atoms with Gasteiger partial charge in [-0.2, -0.15) is 10.2 Å². The van der Waals surface area contributed by atoms with Crippen LogP contribution in [0.15, 0.2) is 18.2 Å². The van der Waals surface area contributed by atoms with E-state index in [0.29, 0.717) is 22.5 Å². The van der Waals surface area contributed by atoms with Crippen molar-refractivity contribution in [2.24, 2.45) is 0 Å². The fraction of sp³-hybridized carbons (Fsp3) is 0.0909. The molecule has 3 N–H and O–H groups in total. The average Bonchev–Trinajstić information content (AvgIpc) is 2.83. The molecule has 92 valence electrons. The molecule has 3 rings (SSSR count). The Morgan fingerprint density at radius 1 is 1.44 bits per heavy atom. The third kappa shape index (κ3) is 1.39. The quantitative estimate of drug-likeness (QED) is 0.710. The van der Waals surface area contributed by atoms with Crippen LogP contribution in [0.5, 0.6) is 0 Å². The second kappa shape index (κ2) is 3.71. The van der Waals surface area contributed by atoms with Crippen LogP contribution in [0, 0.1) is 12.7 Å². The second-order valence-corrected chi connectivity index (χ2v) is 4.31. The highest BCUT2D eigenvalue weighted by Crippen LogP contribution is 2.29. The summed E-state index contributed by atoms with van der Waals surface area (Å²) in [6, 6.07) is 4.45. The smallest absolute Gasteiger partial charge is 0.186 e. The maximum atomic E-state index is 13.9. The van der Waals surface area contributed by atoms with E-state index in [2.05, 4.69) is 15.3 Å². The number of aromatic nitrogens is 4. The molecule has 0 saturated carbocycles. The van der Waals surface area contributed by atoms with Gasteiger partial charge in [-0.25, -0.2) is 9.07 Å². The SMILES string of the molecule is Cc1nn(-c2c(F)cccc2Cl)c2n[nH]c(N)c12. The highest BCUT2D eigenvalue weighted by atomic mass is 35.5. The highest BCUT2D eigenvalue weighted by molar-refractivity contribution is 6.32. The molecule has 0 saturated heterocycles. The summed E-state index contributed by atoms with van der Waals surface area (Å²) >= 11 is 6.01. The molecule has 0 bridgehead atoms. The van der Waals surface area contributed by atoms with Gasteiger partial charge in [-0.15, -0.1) is 0 Å². The van der Waals surface area contributed by atoms with Crippen LogP contribution < -0.4 is 5.73 Å². The molecule has 0 aliphatic heterocycles. The minimum absolute atomic E-state index is 0.170. The van der Waals surface area contributed by atoms with Crippen molar-refractivity contribution < 1.29 is 4.39 Å². The monoisotopic (exact) mass is 265 g/mol. The van der Waals surface area contributed by atoms with Crippen LogP contribution >= 0.6 is 11.6 Å². The zero-order chi connectivity index (χ0) is 12.9. The summed E-state index contributed by atoms with van der Waals surface area (Å²) in [5.41, 5.74) is 7.03. The first-order valence-corrected chi connectivity index (χ1v) is 5.61. The van der Waals surface area contributed by atoms with Crippen molar-refractivity contribution in [3.05, 3.63) is 34.7 Å². The van der Waals surface area contributed by atoms with E-state index in [1.165, 1.54) is 16.8 Å². The summed E-state index contributed by atoms with van der Waals surface area (Å²) in [5, 5.41) is 11.8. The van der Waals surface area contributed by atoms with Gasteiger partial charge >= 0.3 is 0 Å². The maximum Gasteiger partial charge on any atom is 0.186 e. The third-order valence-corrected chi connectivity index (χ3v) is 3.04. The van der Waals surface area contributed by atoms with Gasteiger partial charge in [0.1, 0.15) is 17.3 Å². The molecule has 3 aromatic rings. The lowest BCUT2D eigenvalue weighted by atomic mass is 10.3. The molecule has 2 aromatic heterocycles. The Kier molecular flexibility index (Phi) is 2.27. The lowest BCUT2D eigenvalue weighted by Crippen LogP contribution is -2.01. The molecule has 5 nitrogen and oxygen atoms in total. The van der Waals surface area contributed by atoms with Gasteiger partial charge in [-0.05, 0) is 19.1 Å². The number of nitrogens with zero attached hydrogens (tertiary/aromatic N) is 3. The number of rotatable bonds is 1. The van der Waals surface area contributed by atoms with Crippen molar-refractivity contribution in [3.63, 3.8) is 0 Å². The lowest BCUT2D eigenvalue weighted by Gasteiger charge is -2.05. The number of H-pyrrole nitrogens is 1. The molecule has 0 radical (unpaired) electrons. The summed E-state index contributed by atoms with van der Waals surface area (Å²) in [7, 11) is 0. The van der Waals surface area contributed by atoms with Crippen LogP contribution in [0.2, 0.25) is 5.02 Å². The number of hydrogen-bond acceptors (Lipinski definition) is 3. The summed E-state index contributed by atoms with van der Waals surface area (Å²) in [6.45, 7) is 1.78. The molecule has 0 fully saturated rings. The van der Waals surface area contributed by atoms with Crippen LogP contribution in [0.3, 0.4) is 0 Å². The predicted octanol–water partition coefficient (Wildman–Crippen LogP) is 2.43. The van der Waals surface area contributed by atoms with Crippen LogP contribution in [0.25, 0.3) is 16.7 Å². The number of nitrogen functional groups attached to an aromatic ring is 1. The van der Waals surface area contributed by atoms with E-state index in [1.807, 2.05) is 0 Å². The molecule has 7 heteroatoms. The zero-order valence-electron chi connectivity index (χ0n) is 9.41. The summed E-state index contributed by atoms with van der Waals surface area (Å²) < 4.78 is 15.2. The molecular formula is C11H9ClFN5. The molecule has 18 heavy (non-hydrogen) atoms. The first kappa shape index (κ1) is 11.0. The van der Waals surface area contributed by atoms with Crippen LogP contribution in [0.1, 0.15) is 5.69 Å². The highest BCUT2D eigenvalue weighted by Gasteiger charge is 2.18. The van der Waals surface area contributed by atoms with E-state index in [9.17, 15) is 4.39 Å². The van der Waals surface area contributed by atoms with Crippen LogP contribution in [-0.4, -0.2) is 20.0 Å². The minimum atomic E-state index is -0.464. The Labute approximate surface area is 106 Å². The number of nitrogens with two attached hydrogens (primary N) is 1. The number of fused-ring (bicyclic) bond motifs is 1. The third-order valence-electron chi connectivity index (χ3n) is 2.74. The van der Waals surface area contributed by atoms with E-state index in [1.54, 1.807) is 13.0 Å². The van der Waals surface area contributed by atoms with Crippen LogP contribution in [0.4, 0.5) is 10.2 Å². The van der Waals surface area contributed by atoms with Gasteiger partial charge in [0, 0.05) is 0 Å². The minimum Gasteiger partial charge on any atom is -0.383 e. The van der Waals surface area contributed by atoms with Gasteiger partial charge < -0.3 is 5.73 Å².